The van der Waals surface area contributed by atoms with Gasteiger partial charge < -0.3 is 14.4 Å². The molecule has 3 rings (SSSR count). The fourth-order valence-corrected chi connectivity index (χ4v) is 2.84. The van der Waals surface area contributed by atoms with E-state index in [0.29, 0.717) is 19.3 Å². The SMILES string of the molecule is O=C(Oc1ccc([N+](=O)[O-])cc1)OC1CC(N2CCCC2=O)C1. The number of hydrogen-bond acceptors (Lipinski definition) is 6. The molecule has 1 saturated heterocycles. The van der Waals surface area contributed by atoms with Crippen LogP contribution in [0.4, 0.5) is 10.5 Å². The van der Waals surface area contributed by atoms with Gasteiger partial charge in [-0.15, -0.1) is 0 Å². The molecule has 0 radical (unpaired) electrons. The molecule has 8 heteroatoms. The molecule has 1 aromatic rings. The summed E-state index contributed by atoms with van der Waals surface area (Å²) >= 11 is 0. The van der Waals surface area contributed by atoms with E-state index in [2.05, 4.69) is 0 Å². The highest BCUT2D eigenvalue weighted by molar-refractivity contribution is 5.78. The van der Waals surface area contributed by atoms with Gasteiger partial charge in [-0.1, -0.05) is 0 Å². The highest BCUT2D eigenvalue weighted by Gasteiger charge is 2.40. The summed E-state index contributed by atoms with van der Waals surface area (Å²) in [5, 5.41) is 10.5. The van der Waals surface area contributed by atoms with Crippen LogP contribution in [0.5, 0.6) is 5.75 Å². The predicted octanol–water partition coefficient (Wildman–Crippen LogP) is 2.26. The van der Waals surface area contributed by atoms with Crippen molar-refractivity contribution in [1.82, 2.24) is 4.90 Å². The van der Waals surface area contributed by atoms with Crippen molar-refractivity contribution in [2.45, 2.75) is 37.8 Å². The van der Waals surface area contributed by atoms with Crippen LogP contribution < -0.4 is 4.74 Å². The van der Waals surface area contributed by atoms with Crippen LogP contribution in [0, 0.1) is 10.1 Å². The lowest BCUT2D eigenvalue weighted by Gasteiger charge is -2.40. The van der Waals surface area contributed by atoms with E-state index in [9.17, 15) is 19.7 Å². The standard InChI is InChI=1S/C15H16N2O6/c18-14-2-1-7-16(14)11-8-13(9-11)23-15(19)22-12-5-3-10(4-6-12)17(20)21/h3-6,11,13H,1-2,7-9H2. The van der Waals surface area contributed by atoms with E-state index in [1.807, 2.05) is 4.90 Å². The Balaban J connectivity index is 1.44. The summed E-state index contributed by atoms with van der Waals surface area (Å²) in [5.41, 5.74) is -0.0807. The first-order chi connectivity index (χ1) is 11.0. The summed E-state index contributed by atoms with van der Waals surface area (Å²) in [6.45, 7) is 0.781. The smallest absolute Gasteiger partial charge is 0.431 e. The number of nitrogens with zero attached hydrogens (tertiary/aromatic N) is 2. The average molecular weight is 320 g/mol. The van der Waals surface area contributed by atoms with E-state index in [1.165, 1.54) is 24.3 Å². The first-order valence-electron chi connectivity index (χ1n) is 7.45. The molecule has 0 N–H and O–H groups in total. The molecule has 0 aromatic heterocycles. The van der Waals surface area contributed by atoms with E-state index in [4.69, 9.17) is 9.47 Å². The topological polar surface area (TPSA) is 99.0 Å². The zero-order chi connectivity index (χ0) is 16.4. The highest BCUT2D eigenvalue weighted by atomic mass is 16.7. The van der Waals surface area contributed by atoms with Crippen molar-refractivity contribution >= 4 is 17.7 Å². The van der Waals surface area contributed by atoms with Crippen LogP contribution in [0.25, 0.3) is 0 Å². The predicted molar refractivity (Wildman–Crippen MR) is 78.0 cm³/mol. The maximum atomic E-state index is 11.7. The maximum absolute atomic E-state index is 11.7. The number of amides is 1. The fraction of sp³-hybridized carbons (Fsp3) is 0.467. The van der Waals surface area contributed by atoms with Crippen molar-refractivity contribution in [3.8, 4) is 5.75 Å². The summed E-state index contributed by atoms with van der Waals surface area (Å²) in [6.07, 6.45) is 1.66. The molecule has 23 heavy (non-hydrogen) atoms. The summed E-state index contributed by atoms with van der Waals surface area (Å²) in [4.78, 5) is 35.1. The number of benzene rings is 1. The minimum atomic E-state index is -0.838. The molecular weight excluding hydrogens is 304 g/mol. The Labute approximate surface area is 132 Å². The minimum absolute atomic E-state index is 0.0807. The lowest BCUT2D eigenvalue weighted by Crippen LogP contribution is -2.49. The van der Waals surface area contributed by atoms with Crippen molar-refractivity contribution in [2.75, 3.05) is 6.54 Å². The Kier molecular flexibility index (Phi) is 4.14. The van der Waals surface area contributed by atoms with E-state index in [0.717, 1.165) is 13.0 Å². The molecule has 1 heterocycles. The highest BCUT2D eigenvalue weighted by Crippen LogP contribution is 2.31. The van der Waals surface area contributed by atoms with E-state index < -0.39 is 11.1 Å². The van der Waals surface area contributed by atoms with Crippen molar-refractivity contribution in [3.63, 3.8) is 0 Å². The second kappa shape index (κ2) is 6.23. The van der Waals surface area contributed by atoms with Gasteiger partial charge in [-0.2, -0.15) is 0 Å². The van der Waals surface area contributed by atoms with Crippen molar-refractivity contribution < 1.29 is 24.0 Å². The van der Waals surface area contributed by atoms with Gasteiger partial charge in [0.05, 0.1) is 4.92 Å². The van der Waals surface area contributed by atoms with Gasteiger partial charge in [0.1, 0.15) is 11.9 Å². The fourth-order valence-electron chi connectivity index (χ4n) is 2.84. The number of likely N-dealkylation sites (tertiary alicyclic amines) is 1. The second-order valence-electron chi connectivity index (χ2n) is 5.66. The van der Waals surface area contributed by atoms with Gasteiger partial charge in [-0.25, -0.2) is 4.79 Å². The number of ether oxygens (including phenoxy) is 2. The van der Waals surface area contributed by atoms with Gasteiger partial charge in [0.15, 0.2) is 0 Å². The second-order valence-corrected chi connectivity index (χ2v) is 5.66. The Morgan fingerprint density at radius 3 is 2.52 bits per heavy atom. The van der Waals surface area contributed by atoms with Crippen LogP contribution in [0.15, 0.2) is 24.3 Å². The van der Waals surface area contributed by atoms with Crippen molar-refractivity contribution in [3.05, 3.63) is 34.4 Å². The largest absolute Gasteiger partial charge is 0.514 e. The number of non-ortho nitro benzene ring substituents is 1. The van der Waals surface area contributed by atoms with E-state index in [-0.39, 0.29) is 29.5 Å². The number of nitro groups is 1. The normalized spacial score (nSPS) is 23.3. The van der Waals surface area contributed by atoms with Crippen LogP contribution in [-0.4, -0.2) is 40.6 Å². The lowest BCUT2D eigenvalue weighted by molar-refractivity contribution is -0.384. The third-order valence-corrected chi connectivity index (χ3v) is 4.13. The van der Waals surface area contributed by atoms with Gasteiger partial charge in [-0.3, -0.25) is 14.9 Å². The van der Waals surface area contributed by atoms with E-state index >= 15 is 0 Å². The molecule has 2 aliphatic rings. The quantitative estimate of drug-likeness (QED) is 0.365. The summed E-state index contributed by atoms with van der Waals surface area (Å²) < 4.78 is 10.1. The molecule has 1 amide bonds. The number of carbonyl (C=O) groups is 2. The zero-order valence-electron chi connectivity index (χ0n) is 12.3. The molecule has 1 aliphatic carbocycles. The monoisotopic (exact) mass is 320 g/mol. The molecule has 122 valence electrons. The molecule has 8 nitrogen and oxygen atoms in total. The third kappa shape index (κ3) is 3.41. The molecule has 0 atom stereocenters. The Morgan fingerprint density at radius 1 is 1.26 bits per heavy atom. The van der Waals surface area contributed by atoms with Gasteiger partial charge in [-0.05, 0) is 18.6 Å². The van der Waals surface area contributed by atoms with Gasteiger partial charge in [0.25, 0.3) is 5.69 Å². The van der Waals surface area contributed by atoms with E-state index in [1.54, 1.807) is 0 Å². The van der Waals surface area contributed by atoms with Gasteiger partial charge in [0.2, 0.25) is 5.91 Å². The Morgan fingerprint density at radius 2 is 1.96 bits per heavy atom. The van der Waals surface area contributed by atoms with Gasteiger partial charge >= 0.3 is 6.16 Å². The number of carbonyl (C=O) groups excluding carboxylic acids is 2. The Hall–Kier alpha value is -2.64. The first-order valence-corrected chi connectivity index (χ1v) is 7.45. The van der Waals surface area contributed by atoms with Crippen molar-refractivity contribution in [2.24, 2.45) is 0 Å². The molecule has 1 aromatic carbocycles. The molecule has 2 fully saturated rings. The number of rotatable bonds is 4. The third-order valence-electron chi connectivity index (χ3n) is 4.13. The summed E-state index contributed by atoms with van der Waals surface area (Å²) in [5.74, 6) is 0.355. The number of nitro benzene ring substituents is 1. The average Bonchev–Trinajstić information content (AvgIpc) is 2.89. The van der Waals surface area contributed by atoms with Gasteiger partial charge in [0, 0.05) is 44.0 Å². The minimum Gasteiger partial charge on any atom is -0.431 e. The lowest BCUT2D eigenvalue weighted by atomic mass is 9.88. The zero-order valence-corrected chi connectivity index (χ0v) is 12.3. The van der Waals surface area contributed by atoms with Crippen LogP contribution in [0.3, 0.4) is 0 Å². The maximum Gasteiger partial charge on any atom is 0.514 e. The van der Waals surface area contributed by atoms with Crippen LogP contribution in [-0.2, 0) is 9.53 Å². The molecule has 0 spiro atoms. The molecule has 1 saturated carbocycles. The van der Waals surface area contributed by atoms with Crippen LogP contribution in [0.1, 0.15) is 25.7 Å². The van der Waals surface area contributed by atoms with Crippen LogP contribution >= 0.6 is 0 Å². The molecule has 0 unspecified atom stereocenters. The first kappa shape index (κ1) is 15.3. The molecule has 1 aliphatic heterocycles. The molecular formula is C15H16N2O6. The molecule has 0 bridgehead atoms. The van der Waals surface area contributed by atoms with Crippen LogP contribution in [0.2, 0.25) is 0 Å². The number of hydrogen-bond donors (Lipinski definition) is 0. The Bertz CT molecular complexity index is 623. The summed E-state index contributed by atoms with van der Waals surface area (Å²) in [7, 11) is 0. The van der Waals surface area contributed by atoms with Crippen molar-refractivity contribution in [1.29, 1.82) is 0 Å². The summed E-state index contributed by atoms with van der Waals surface area (Å²) in [6, 6.07) is 5.34.